The monoisotopic (exact) mass is 333 g/mol. The Balaban J connectivity index is 1.87. The van der Waals surface area contributed by atoms with E-state index in [2.05, 4.69) is 68.3 Å². The topological polar surface area (TPSA) is 12.5 Å². The largest absolute Gasteiger partial charge is 0.498 e. The van der Waals surface area contributed by atoms with Crippen molar-refractivity contribution in [3.05, 3.63) is 53.3 Å². The lowest BCUT2D eigenvalue weighted by atomic mass is 9.67. The van der Waals surface area contributed by atoms with Crippen LogP contribution in [-0.2, 0) is 4.74 Å². The van der Waals surface area contributed by atoms with Crippen LogP contribution in [0.1, 0.15) is 43.7 Å². The van der Waals surface area contributed by atoms with Gasteiger partial charge in [0.15, 0.2) is 0 Å². The quantitative estimate of drug-likeness (QED) is 0.754. The average Bonchev–Trinajstić information content (AvgIpc) is 3.09. The van der Waals surface area contributed by atoms with Gasteiger partial charge in [0.1, 0.15) is 5.76 Å². The van der Waals surface area contributed by atoms with Crippen molar-refractivity contribution in [1.29, 1.82) is 0 Å². The number of terminal acetylenes is 1. The summed E-state index contributed by atoms with van der Waals surface area (Å²) < 4.78 is 6.16. The molecule has 130 valence electrons. The molecule has 0 unspecified atom stereocenters. The molecule has 1 aromatic carbocycles. The standard InChI is InChI=1S/C23H27NO/c1-5-17-10-12-18(13-11-17)19-15-22-14-8-7-9-20(22)23(19,24(3)4)16-21(22)25-6-2/h1,10-13,15-16,20H,6-9,14H2,2-4H3/t20-,22-,23-/m0/s1. The highest BCUT2D eigenvalue weighted by atomic mass is 16.5. The predicted octanol–water partition coefficient (Wildman–Crippen LogP) is 4.48. The number of likely N-dealkylation sites (N-methyl/N-ethyl adjacent to an activating group) is 1. The van der Waals surface area contributed by atoms with E-state index in [9.17, 15) is 0 Å². The van der Waals surface area contributed by atoms with Crippen molar-refractivity contribution in [2.75, 3.05) is 20.7 Å². The van der Waals surface area contributed by atoms with Gasteiger partial charge < -0.3 is 4.74 Å². The molecule has 2 nitrogen and oxygen atoms in total. The van der Waals surface area contributed by atoms with E-state index in [0.29, 0.717) is 5.92 Å². The third kappa shape index (κ3) is 2.09. The molecule has 0 aromatic heterocycles. The van der Waals surface area contributed by atoms with Crippen molar-refractivity contribution in [2.24, 2.45) is 11.3 Å². The van der Waals surface area contributed by atoms with Gasteiger partial charge in [0, 0.05) is 11.5 Å². The molecule has 1 fully saturated rings. The molecule has 0 spiro atoms. The zero-order chi connectivity index (χ0) is 17.7. The van der Waals surface area contributed by atoms with Crippen LogP contribution in [0.15, 0.2) is 42.2 Å². The molecule has 0 N–H and O–H groups in total. The summed E-state index contributed by atoms with van der Waals surface area (Å²) in [4.78, 5) is 2.40. The molecular formula is C23H27NO. The fourth-order valence-electron chi connectivity index (χ4n) is 5.50. The highest BCUT2D eigenvalue weighted by molar-refractivity contribution is 5.83. The first-order valence-corrected chi connectivity index (χ1v) is 9.42. The van der Waals surface area contributed by atoms with Gasteiger partial charge in [-0.05, 0) is 63.2 Å². The van der Waals surface area contributed by atoms with Crippen LogP contribution < -0.4 is 0 Å². The van der Waals surface area contributed by atoms with E-state index in [4.69, 9.17) is 11.2 Å². The van der Waals surface area contributed by atoms with Gasteiger partial charge in [-0.2, -0.15) is 0 Å². The number of hydrogen-bond donors (Lipinski definition) is 0. The van der Waals surface area contributed by atoms with Crippen LogP contribution in [0.4, 0.5) is 0 Å². The third-order valence-corrected chi connectivity index (χ3v) is 6.53. The van der Waals surface area contributed by atoms with Crippen molar-refractivity contribution < 1.29 is 4.74 Å². The molecule has 0 heterocycles. The maximum atomic E-state index is 6.16. The number of ether oxygens (including phenoxy) is 1. The molecular weight excluding hydrogens is 306 g/mol. The van der Waals surface area contributed by atoms with Crippen molar-refractivity contribution in [1.82, 2.24) is 4.90 Å². The lowest BCUT2D eigenvalue weighted by molar-refractivity contribution is 0.0759. The van der Waals surface area contributed by atoms with Crippen LogP contribution in [0.25, 0.3) is 5.57 Å². The highest BCUT2D eigenvalue weighted by Crippen LogP contribution is 2.67. The summed E-state index contributed by atoms with van der Waals surface area (Å²) in [6.07, 6.45) is 15.5. The summed E-state index contributed by atoms with van der Waals surface area (Å²) in [7, 11) is 4.42. The number of hydrogen-bond acceptors (Lipinski definition) is 2. The molecule has 2 heteroatoms. The molecule has 1 aromatic rings. The maximum absolute atomic E-state index is 6.16. The Kier molecular flexibility index (Phi) is 3.81. The van der Waals surface area contributed by atoms with Crippen molar-refractivity contribution >= 4 is 5.57 Å². The van der Waals surface area contributed by atoms with Gasteiger partial charge in [-0.15, -0.1) is 6.42 Å². The first-order valence-electron chi connectivity index (χ1n) is 9.42. The van der Waals surface area contributed by atoms with Gasteiger partial charge in [-0.3, -0.25) is 4.90 Å². The van der Waals surface area contributed by atoms with E-state index in [0.717, 1.165) is 12.2 Å². The second kappa shape index (κ2) is 5.78. The number of rotatable bonds is 4. The van der Waals surface area contributed by atoms with Crippen LogP contribution in [0, 0.1) is 23.7 Å². The number of allylic oxidation sites excluding steroid dienone is 1. The van der Waals surface area contributed by atoms with E-state index >= 15 is 0 Å². The van der Waals surface area contributed by atoms with Gasteiger partial charge >= 0.3 is 0 Å². The normalized spacial score (nSPS) is 32.8. The van der Waals surface area contributed by atoms with E-state index in [1.54, 1.807) is 0 Å². The molecule has 4 rings (SSSR count). The van der Waals surface area contributed by atoms with Gasteiger partial charge in [-0.1, -0.05) is 37.0 Å². The second-order valence-electron chi connectivity index (χ2n) is 7.78. The lowest BCUT2D eigenvalue weighted by Crippen LogP contribution is -2.48. The Hall–Kier alpha value is -1.98. The summed E-state index contributed by atoms with van der Waals surface area (Å²) in [6.45, 7) is 2.83. The molecule has 25 heavy (non-hydrogen) atoms. The van der Waals surface area contributed by atoms with Crippen LogP contribution in [0.3, 0.4) is 0 Å². The molecule has 1 saturated carbocycles. The summed E-state index contributed by atoms with van der Waals surface area (Å²) in [5.74, 6) is 4.50. The average molecular weight is 333 g/mol. The Morgan fingerprint density at radius 3 is 2.60 bits per heavy atom. The smallest absolute Gasteiger partial charge is 0.104 e. The van der Waals surface area contributed by atoms with Crippen LogP contribution in [0.2, 0.25) is 0 Å². The second-order valence-corrected chi connectivity index (χ2v) is 7.78. The fourth-order valence-corrected chi connectivity index (χ4v) is 5.50. The third-order valence-electron chi connectivity index (χ3n) is 6.53. The molecule has 3 atom stereocenters. The van der Waals surface area contributed by atoms with Gasteiger partial charge in [0.05, 0.1) is 17.6 Å². The zero-order valence-electron chi connectivity index (χ0n) is 15.5. The van der Waals surface area contributed by atoms with Crippen molar-refractivity contribution in [3.8, 4) is 12.3 Å². The van der Waals surface area contributed by atoms with Gasteiger partial charge in [0.25, 0.3) is 0 Å². The maximum Gasteiger partial charge on any atom is 0.104 e. The summed E-state index contributed by atoms with van der Waals surface area (Å²) >= 11 is 0. The Morgan fingerprint density at radius 2 is 1.96 bits per heavy atom. The molecule has 3 aliphatic rings. The summed E-state index contributed by atoms with van der Waals surface area (Å²) in [5, 5.41) is 0. The van der Waals surface area contributed by atoms with E-state index in [-0.39, 0.29) is 11.0 Å². The molecule has 0 amide bonds. The summed E-state index contributed by atoms with van der Waals surface area (Å²) in [5.41, 5.74) is 3.67. The zero-order valence-corrected chi connectivity index (χ0v) is 15.5. The number of benzene rings is 1. The predicted molar refractivity (Wildman–Crippen MR) is 103 cm³/mol. The minimum atomic E-state index is -0.0669. The minimum Gasteiger partial charge on any atom is -0.498 e. The molecule has 0 radical (unpaired) electrons. The lowest BCUT2D eigenvalue weighted by Gasteiger charge is -2.43. The highest BCUT2D eigenvalue weighted by Gasteiger charge is 2.65. The van der Waals surface area contributed by atoms with Gasteiger partial charge in [-0.25, -0.2) is 0 Å². The SMILES string of the molecule is C#Cc1ccc(C2=C[C@@]34CCCC[C@@H]3[C@]2(N(C)C)C=C4OCC)cc1. The van der Waals surface area contributed by atoms with E-state index < -0.39 is 0 Å². The first kappa shape index (κ1) is 16.5. The Bertz CT molecular complexity index is 779. The van der Waals surface area contributed by atoms with Crippen molar-refractivity contribution in [3.63, 3.8) is 0 Å². The van der Waals surface area contributed by atoms with Crippen LogP contribution in [-0.4, -0.2) is 31.1 Å². The Morgan fingerprint density at radius 1 is 1.20 bits per heavy atom. The molecule has 0 aliphatic heterocycles. The van der Waals surface area contributed by atoms with Gasteiger partial charge in [0.2, 0.25) is 0 Å². The van der Waals surface area contributed by atoms with Crippen LogP contribution in [0.5, 0.6) is 0 Å². The van der Waals surface area contributed by atoms with Crippen LogP contribution >= 0.6 is 0 Å². The van der Waals surface area contributed by atoms with E-state index in [1.807, 2.05) is 0 Å². The Labute approximate surface area is 151 Å². The number of nitrogens with zero attached hydrogens (tertiary/aromatic N) is 1. The first-order chi connectivity index (χ1) is 12.1. The van der Waals surface area contributed by atoms with E-state index in [1.165, 1.54) is 42.6 Å². The fraction of sp³-hybridized carbons (Fsp3) is 0.478. The molecule has 3 aliphatic carbocycles. The summed E-state index contributed by atoms with van der Waals surface area (Å²) in [6, 6.07) is 8.48. The minimum absolute atomic E-state index is 0.0669. The molecule has 0 saturated heterocycles. The van der Waals surface area contributed by atoms with Crippen molar-refractivity contribution in [2.45, 2.75) is 38.1 Å². The molecule has 2 bridgehead atoms.